The number of hydrogen-bond acceptors (Lipinski definition) is 1. The van der Waals surface area contributed by atoms with Gasteiger partial charge in [0.1, 0.15) is 0 Å². The van der Waals surface area contributed by atoms with Gasteiger partial charge in [-0.05, 0) is 46.6 Å². The van der Waals surface area contributed by atoms with Gasteiger partial charge in [-0.15, -0.1) is 35.4 Å². The molecule has 0 fully saturated rings. The molecule has 0 amide bonds. The van der Waals surface area contributed by atoms with Crippen LogP contribution in [0.4, 0.5) is 0 Å². The summed E-state index contributed by atoms with van der Waals surface area (Å²) in [6.07, 6.45) is 1.83. The van der Waals surface area contributed by atoms with E-state index in [2.05, 4.69) is 102 Å². The summed E-state index contributed by atoms with van der Waals surface area (Å²) in [7, 11) is 0. The maximum atomic E-state index is 4.51. The Morgan fingerprint density at radius 2 is 1.54 bits per heavy atom. The number of pyridine rings is 1. The van der Waals surface area contributed by atoms with E-state index in [1.807, 2.05) is 30.5 Å². The molecule has 0 aliphatic carbocycles. The van der Waals surface area contributed by atoms with E-state index in [-0.39, 0.29) is 25.5 Å². The predicted molar refractivity (Wildman–Crippen MR) is 140 cm³/mol. The normalized spacial score (nSPS) is 13.4. The van der Waals surface area contributed by atoms with Crippen LogP contribution in [0.25, 0.3) is 49.9 Å². The zero-order valence-corrected chi connectivity index (χ0v) is 21.9. The van der Waals surface area contributed by atoms with Crippen LogP contribution in [0.1, 0.15) is 25.0 Å². The summed E-state index contributed by atoms with van der Waals surface area (Å²) in [5.41, 5.74) is 10.9. The average molecular weight is 628 g/mol. The van der Waals surface area contributed by atoms with Crippen molar-refractivity contribution in [2.24, 2.45) is 0 Å². The van der Waals surface area contributed by atoms with Crippen LogP contribution in [0, 0.1) is 6.07 Å². The second kappa shape index (κ2) is 8.02. The molecule has 0 bridgehead atoms. The minimum atomic E-state index is -0.0455. The van der Waals surface area contributed by atoms with Gasteiger partial charge < -0.3 is 9.55 Å². The van der Waals surface area contributed by atoms with Crippen molar-refractivity contribution < 1.29 is 20.1 Å². The minimum absolute atomic E-state index is 0. The molecule has 171 valence electrons. The molecule has 3 heterocycles. The number of para-hydroxylation sites is 2. The van der Waals surface area contributed by atoms with E-state index in [1.165, 1.54) is 49.7 Å². The van der Waals surface area contributed by atoms with Crippen molar-refractivity contribution in [2.45, 2.75) is 19.3 Å². The Morgan fingerprint density at radius 1 is 0.743 bits per heavy atom. The Labute approximate surface area is 218 Å². The van der Waals surface area contributed by atoms with Gasteiger partial charge in [0.15, 0.2) is 0 Å². The van der Waals surface area contributed by atoms with Gasteiger partial charge in [-0.3, -0.25) is 0 Å². The third kappa shape index (κ3) is 3.16. The molecule has 3 heteroatoms. The minimum Gasteiger partial charge on any atom is -0.309 e. The summed E-state index contributed by atoms with van der Waals surface area (Å²) >= 11 is 0. The van der Waals surface area contributed by atoms with E-state index < -0.39 is 0 Å². The maximum Gasteiger partial charge on any atom is 0.0582 e. The van der Waals surface area contributed by atoms with Crippen molar-refractivity contribution in [1.82, 2.24) is 9.55 Å². The van der Waals surface area contributed by atoms with Gasteiger partial charge >= 0.3 is 0 Å². The van der Waals surface area contributed by atoms with Gasteiger partial charge in [-0.2, -0.15) is 0 Å². The van der Waals surface area contributed by atoms with E-state index >= 15 is 0 Å². The molecule has 7 rings (SSSR count). The molecule has 0 unspecified atom stereocenters. The molecule has 0 N–H and O–H groups in total. The Kier molecular flexibility index (Phi) is 5.03. The second-order valence-corrected chi connectivity index (χ2v) is 9.62. The summed E-state index contributed by atoms with van der Waals surface area (Å²) < 4.78 is 2.46. The fourth-order valence-electron chi connectivity index (χ4n) is 5.66. The molecule has 2 nitrogen and oxygen atoms in total. The molecule has 2 aromatic heterocycles. The number of hydrogen-bond donors (Lipinski definition) is 0. The van der Waals surface area contributed by atoms with Crippen LogP contribution in [0.15, 0.2) is 103 Å². The number of aromatic nitrogens is 2. The Balaban J connectivity index is 0.00000229. The average Bonchev–Trinajstić information content (AvgIpc) is 3.22. The molecular weight excluding hydrogens is 605 g/mol. The molecule has 0 atom stereocenters. The molecule has 6 aromatic rings. The van der Waals surface area contributed by atoms with E-state index in [9.17, 15) is 0 Å². The number of nitrogens with zero attached hydrogens (tertiary/aromatic N) is 2. The SMILES string of the molecule is CC1(C)c2ccccc2-n2c3ccc(-c4cc[c-]c(-c5ccccn5)c4)cc3c3cccc1c32.[Ir]. The third-order valence-electron chi connectivity index (χ3n) is 7.35. The van der Waals surface area contributed by atoms with Crippen LogP contribution in [0.3, 0.4) is 0 Å². The number of fused-ring (bicyclic) bond motifs is 5. The quantitative estimate of drug-likeness (QED) is 0.178. The first-order chi connectivity index (χ1) is 16.6. The maximum absolute atomic E-state index is 4.51. The predicted octanol–water partition coefficient (Wildman–Crippen LogP) is 7.95. The first-order valence-electron chi connectivity index (χ1n) is 11.7. The van der Waals surface area contributed by atoms with Crippen LogP contribution >= 0.6 is 0 Å². The van der Waals surface area contributed by atoms with Gasteiger partial charge in [-0.1, -0.05) is 68.4 Å². The largest absolute Gasteiger partial charge is 0.309 e. The molecule has 0 spiro atoms. The standard InChI is InChI=1S/C32H23N2.Ir/c1-32(2)26-12-3-4-15-30(26)34-29-17-16-22(20-25(29)24-11-8-13-27(32)31(24)34)21-9-7-10-23(19-21)28-14-5-6-18-33-28;/h3-9,11-20H,1-2H3;/q-1;. The zero-order valence-electron chi connectivity index (χ0n) is 19.5. The van der Waals surface area contributed by atoms with Gasteiger partial charge in [0.2, 0.25) is 0 Å². The molecular formula is C32H23IrN2-. The van der Waals surface area contributed by atoms with E-state index in [0.717, 1.165) is 11.3 Å². The Bertz CT molecular complexity index is 1730. The van der Waals surface area contributed by atoms with E-state index in [4.69, 9.17) is 0 Å². The number of rotatable bonds is 2. The molecule has 1 aliphatic heterocycles. The van der Waals surface area contributed by atoms with Crippen LogP contribution in [0.2, 0.25) is 0 Å². The van der Waals surface area contributed by atoms with Gasteiger partial charge in [-0.25, -0.2) is 0 Å². The molecule has 35 heavy (non-hydrogen) atoms. The summed E-state index contributed by atoms with van der Waals surface area (Å²) in [4.78, 5) is 4.51. The monoisotopic (exact) mass is 628 g/mol. The second-order valence-electron chi connectivity index (χ2n) is 9.62. The van der Waals surface area contributed by atoms with Crippen LogP contribution in [-0.2, 0) is 25.5 Å². The van der Waals surface area contributed by atoms with Crippen molar-refractivity contribution in [3.05, 3.63) is 120 Å². The van der Waals surface area contributed by atoms with E-state index in [1.54, 1.807) is 0 Å². The van der Waals surface area contributed by atoms with E-state index in [0.29, 0.717) is 0 Å². The van der Waals surface area contributed by atoms with Crippen molar-refractivity contribution in [3.63, 3.8) is 0 Å². The van der Waals surface area contributed by atoms with Crippen molar-refractivity contribution in [2.75, 3.05) is 0 Å². The van der Waals surface area contributed by atoms with Crippen LogP contribution < -0.4 is 0 Å². The first-order valence-corrected chi connectivity index (χ1v) is 11.7. The molecule has 0 saturated carbocycles. The topological polar surface area (TPSA) is 17.8 Å². The third-order valence-corrected chi connectivity index (χ3v) is 7.35. The molecule has 1 aliphatic rings. The summed E-state index contributed by atoms with van der Waals surface area (Å²) in [5, 5.41) is 2.60. The fourth-order valence-corrected chi connectivity index (χ4v) is 5.66. The fraction of sp³-hybridized carbons (Fsp3) is 0.0938. The molecule has 4 aromatic carbocycles. The zero-order chi connectivity index (χ0) is 22.9. The summed E-state index contributed by atoms with van der Waals surface area (Å²) in [6.45, 7) is 4.68. The van der Waals surface area contributed by atoms with Crippen LogP contribution in [0.5, 0.6) is 0 Å². The van der Waals surface area contributed by atoms with Crippen LogP contribution in [-0.4, -0.2) is 9.55 Å². The number of benzene rings is 4. The van der Waals surface area contributed by atoms with Gasteiger partial charge in [0.05, 0.1) is 16.7 Å². The summed E-state index contributed by atoms with van der Waals surface area (Å²) in [5.74, 6) is 0. The smallest absolute Gasteiger partial charge is 0.0582 e. The molecule has 1 radical (unpaired) electrons. The Morgan fingerprint density at radius 3 is 2.40 bits per heavy atom. The Hall–Kier alpha value is -3.52. The van der Waals surface area contributed by atoms with Gasteiger partial charge in [0.25, 0.3) is 0 Å². The molecule has 0 saturated heterocycles. The first kappa shape index (κ1) is 22.0. The van der Waals surface area contributed by atoms with Crippen molar-refractivity contribution >= 4 is 21.8 Å². The van der Waals surface area contributed by atoms with Gasteiger partial charge in [0, 0.05) is 42.5 Å². The van der Waals surface area contributed by atoms with Crippen molar-refractivity contribution in [1.29, 1.82) is 0 Å². The van der Waals surface area contributed by atoms with Crippen molar-refractivity contribution in [3.8, 4) is 28.1 Å². The summed E-state index contributed by atoms with van der Waals surface area (Å²) in [6, 6.07) is 38.1.